The van der Waals surface area contributed by atoms with E-state index in [0.29, 0.717) is 5.92 Å². The number of rotatable bonds is 3. The molecule has 0 aromatic heterocycles. The van der Waals surface area contributed by atoms with Crippen molar-refractivity contribution in [2.24, 2.45) is 0 Å². The topological polar surface area (TPSA) is 17.1 Å². The predicted molar refractivity (Wildman–Crippen MR) is 58.2 cm³/mol. The molecule has 1 nitrogen and oxygen atoms in total. The molecule has 0 bridgehead atoms. The first-order valence-electron chi connectivity index (χ1n) is 4.43. The molecule has 0 aliphatic rings. The molecule has 70 valence electrons. The molecule has 1 rings (SSSR count). The molecule has 0 radical (unpaired) electrons. The van der Waals surface area contributed by atoms with Crippen molar-refractivity contribution in [3.05, 3.63) is 33.8 Å². The van der Waals surface area contributed by atoms with Crippen LogP contribution in [-0.2, 0) is 0 Å². The maximum Gasteiger partial charge on any atom is 0.150 e. The lowest BCUT2D eigenvalue weighted by Gasteiger charge is -2.11. The van der Waals surface area contributed by atoms with Crippen molar-refractivity contribution in [3.63, 3.8) is 0 Å². The molecule has 1 atom stereocenters. The van der Waals surface area contributed by atoms with E-state index in [9.17, 15) is 4.79 Å². The molecular weight excluding hydrogens is 228 g/mol. The van der Waals surface area contributed by atoms with Crippen molar-refractivity contribution in [1.82, 2.24) is 0 Å². The van der Waals surface area contributed by atoms with Crippen LogP contribution in [0.4, 0.5) is 0 Å². The van der Waals surface area contributed by atoms with Gasteiger partial charge in [0.05, 0.1) is 0 Å². The molecule has 1 unspecified atom stereocenters. The van der Waals surface area contributed by atoms with E-state index in [0.717, 1.165) is 22.7 Å². The third kappa shape index (κ3) is 2.41. The molecule has 0 amide bonds. The number of hydrogen-bond donors (Lipinski definition) is 0. The van der Waals surface area contributed by atoms with Gasteiger partial charge < -0.3 is 0 Å². The second kappa shape index (κ2) is 4.56. The minimum atomic E-state index is 0.537. The molecule has 0 heterocycles. The van der Waals surface area contributed by atoms with Crippen LogP contribution in [0, 0.1) is 0 Å². The van der Waals surface area contributed by atoms with E-state index in [4.69, 9.17) is 0 Å². The van der Waals surface area contributed by atoms with Gasteiger partial charge in [0, 0.05) is 10.0 Å². The van der Waals surface area contributed by atoms with Crippen molar-refractivity contribution in [3.8, 4) is 0 Å². The van der Waals surface area contributed by atoms with Crippen molar-refractivity contribution in [1.29, 1.82) is 0 Å². The Morgan fingerprint density at radius 2 is 2.23 bits per heavy atom. The molecule has 0 aliphatic heterocycles. The Labute approximate surface area is 87.3 Å². The van der Waals surface area contributed by atoms with Gasteiger partial charge in [-0.2, -0.15) is 0 Å². The van der Waals surface area contributed by atoms with Crippen molar-refractivity contribution < 1.29 is 4.79 Å². The van der Waals surface area contributed by atoms with E-state index in [1.54, 1.807) is 0 Å². The first kappa shape index (κ1) is 10.5. The Morgan fingerprint density at radius 1 is 1.54 bits per heavy atom. The second-order valence-corrected chi connectivity index (χ2v) is 4.06. The zero-order valence-corrected chi connectivity index (χ0v) is 9.47. The molecule has 0 spiro atoms. The minimum absolute atomic E-state index is 0.537. The highest BCUT2D eigenvalue weighted by Crippen LogP contribution is 2.27. The number of benzene rings is 1. The van der Waals surface area contributed by atoms with Gasteiger partial charge in [-0.25, -0.2) is 0 Å². The average Bonchev–Trinajstić information content (AvgIpc) is 2.16. The summed E-state index contributed by atoms with van der Waals surface area (Å²) in [4.78, 5) is 10.5. The van der Waals surface area contributed by atoms with E-state index in [-0.39, 0.29) is 0 Å². The normalized spacial score (nSPS) is 12.5. The molecule has 13 heavy (non-hydrogen) atoms. The van der Waals surface area contributed by atoms with Gasteiger partial charge in [-0.3, -0.25) is 4.79 Å². The fraction of sp³-hybridized carbons (Fsp3) is 0.364. The van der Waals surface area contributed by atoms with Gasteiger partial charge in [-0.1, -0.05) is 41.9 Å². The highest BCUT2D eigenvalue weighted by molar-refractivity contribution is 9.10. The van der Waals surface area contributed by atoms with Gasteiger partial charge in [-0.15, -0.1) is 0 Å². The number of aldehydes is 1. The number of halogens is 1. The Balaban J connectivity index is 3.04. The van der Waals surface area contributed by atoms with E-state index >= 15 is 0 Å². The SMILES string of the molecule is CCC(C)c1ccc(C=O)cc1Br. The highest BCUT2D eigenvalue weighted by Gasteiger charge is 2.07. The summed E-state index contributed by atoms with van der Waals surface area (Å²) in [5.41, 5.74) is 1.99. The van der Waals surface area contributed by atoms with Crippen molar-refractivity contribution in [2.75, 3.05) is 0 Å². The molecular formula is C11H13BrO. The standard InChI is InChI=1S/C11H13BrO/c1-3-8(2)10-5-4-9(7-13)6-11(10)12/h4-8H,3H2,1-2H3. The van der Waals surface area contributed by atoms with Gasteiger partial charge in [0.1, 0.15) is 6.29 Å². The van der Waals surface area contributed by atoms with Crippen molar-refractivity contribution in [2.45, 2.75) is 26.2 Å². The zero-order chi connectivity index (χ0) is 9.84. The van der Waals surface area contributed by atoms with Crippen LogP contribution in [-0.4, -0.2) is 6.29 Å². The number of carbonyl (C=O) groups excluding carboxylic acids is 1. The summed E-state index contributed by atoms with van der Waals surface area (Å²) in [5.74, 6) is 0.537. The molecule has 2 heteroatoms. The summed E-state index contributed by atoms with van der Waals surface area (Å²) in [6.07, 6.45) is 1.98. The van der Waals surface area contributed by atoms with Gasteiger partial charge in [0.2, 0.25) is 0 Å². The van der Waals surface area contributed by atoms with E-state index in [1.807, 2.05) is 18.2 Å². The first-order chi connectivity index (χ1) is 6.19. The van der Waals surface area contributed by atoms with Crippen LogP contribution in [0.2, 0.25) is 0 Å². The van der Waals surface area contributed by atoms with E-state index in [2.05, 4.69) is 29.8 Å². The Kier molecular flexibility index (Phi) is 3.67. The summed E-state index contributed by atoms with van der Waals surface area (Å²) < 4.78 is 1.03. The summed E-state index contributed by atoms with van der Waals surface area (Å²) in [5, 5.41) is 0. The Bertz CT molecular complexity index is 307. The first-order valence-corrected chi connectivity index (χ1v) is 5.23. The number of hydrogen-bond acceptors (Lipinski definition) is 1. The highest BCUT2D eigenvalue weighted by atomic mass is 79.9. The smallest absolute Gasteiger partial charge is 0.150 e. The maximum absolute atomic E-state index is 10.5. The van der Waals surface area contributed by atoms with Crippen LogP contribution >= 0.6 is 15.9 Å². The third-order valence-corrected chi connectivity index (χ3v) is 2.99. The molecule has 0 fully saturated rings. The molecule has 1 aromatic carbocycles. The van der Waals surface area contributed by atoms with Gasteiger partial charge >= 0.3 is 0 Å². The fourth-order valence-corrected chi connectivity index (χ4v) is 2.02. The summed E-state index contributed by atoms with van der Waals surface area (Å²) in [6.45, 7) is 4.34. The fourth-order valence-electron chi connectivity index (χ4n) is 1.24. The second-order valence-electron chi connectivity index (χ2n) is 3.21. The summed E-state index contributed by atoms with van der Waals surface area (Å²) in [7, 11) is 0. The molecule has 0 saturated carbocycles. The molecule has 0 aliphatic carbocycles. The number of carbonyl (C=O) groups is 1. The lowest BCUT2D eigenvalue weighted by molar-refractivity contribution is 0.112. The van der Waals surface area contributed by atoms with Crippen molar-refractivity contribution >= 4 is 22.2 Å². The van der Waals surface area contributed by atoms with Crippen LogP contribution in [0.15, 0.2) is 22.7 Å². The Morgan fingerprint density at radius 3 is 2.69 bits per heavy atom. The quantitative estimate of drug-likeness (QED) is 0.736. The maximum atomic E-state index is 10.5. The van der Waals surface area contributed by atoms with Crippen LogP contribution in [0.3, 0.4) is 0 Å². The van der Waals surface area contributed by atoms with Crippen LogP contribution in [0.1, 0.15) is 42.1 Å². The lowest BCUT2D eigenvalue weighted by atomic mass is 9.98. The van der Waals surface area contributed by atoms with Crippen LogP contribution in [0.5, 0.6) is 0 Å². The van der Waals surface area contributed by atoms with Gasteiger partial charge in [-0.05, 0) is 24.0 Å². The largest absolute Gasteiger partial charge is 0.298 e. The minimum Gasteiger partial charge on any atom is -0.298 e. The van der Waals surface area contributed by atoms with Crippen LogP contribution < -0.4 is 0 Å². The average molecular weight is 241 g/mol. The van der Waals surface area contributed by atoms with Crippen LogP contribution in [0.25, 0.3) is 0 Å². The summed E-state index contributed by atoms with van der Waals surface area (Å²) in [6, 6.07) is 5.75. The van der Waals surface area contributed by atoms with Gasteiger partial charge in [0.15, 0.2) is 0 Å². The van der Waals surface area contributed by atoms with Gasteiger partial charge in [0.25, 0.3) is 0 Å². The monoisotopic (exact) mass is 240 g/mol. The third-order valence-electron chi connectivity index (χ3n) is 2.30. The molecule has 1 aromatic rings. The van der Waals surface area contributed by atoms with E-state index < -0.39 is 0 Å². The Hall–Kier alpha value is -0.630. The van der Waals surface area contributed by atoms with E-state index in [1.165, 1.54) is 5.56 Å². The summed E-state index contributed by atoms with van der Waals surface area (Å²) >= 11 is 3.47. The predicted octanol–water partition coefficient (Wildman–Crippen LogP) is 3.78. The molecule has 0 N–H and O–H groups in total. The molecule has 0 saturated heterocycles. The lowest BCUT2D eigenvalue weighted by Crippen LogP contribution is -1.93. The zero-order valence-electron chi connectivity index (χ0n) is 7.88.